The molecule has 1 aliphatic rings. The molecule has 1 saturated heterocycles. The van der Waals surface area contributed by atoms with Crippen molar-refractivity contribution in [2.45, 2.75) is 45.4 Å². The summed E-state index contributed by atoms with van der Waals surface area (Å²) in [6.07, 6.45) is 5.87. The molecule has 1 aromatic heterocycles. The molecular formula is C20H27N3O. The zero-order chi connectivity index (χ0) is 16.9. The number of primary amides is 1. The Morgan fingerprint density at radius 2 is 2.21 bits per heavy atom. The van der Waals surface area contributed by atoms with Gasteiger partial charge in [0.25, 0.3) is 0 Å². The second-order valence-corrected chi connectivity index (χ2v) is 6.86. The average molecular weight is 325 g/mol. The number of benzene rings is 1. The lowest BCUT2D eigenvalue weighted by molar-refractivity contribution is -0.118. The van der Waals surface area contributed by atoms with Crippen LogP contribution >= 0.6 is 0 Å². The Bertz CT molecular complexity index is 713. The monoisotopic (exact) mass is 325 g/mol. The van der Waals surface area contributed by atoms with Crippen LogP contribution in [0.5, 0.6) is 0 Å². The Hall–Kier alpha value is -2.10. The maximum absolute atomic E-state index is 11.1. The lowest BCUT2D eigenvalue weighted by Gasteiger charge is -2.35. The van der Waals surface area contributed by atoms with Gasteiger partial charge in [-0.25, -0.2) is 0 Å². The number of nitrogens with zero attached hydrogens (tertiary/aromatic N) is 2. The summed E-state index contributed by atoms with van der Waals surface area (Å²) < 4.78 is 0. The van der Waals surface area contributed by atoms with E-state index in [-0.39, 0.29) is 5.91 Å². The van der Waals surface area contributed by atoms with Crippen LogP contribution in [0.2, 0.25) is 0 Å². The van der Waals surface area contributed by atoms with Crippen molar-refractivity contribution in [2.24, 2.45) is 11.7 Å². The van der Waals surface area contributed by atoms with Gasteiger partial charge in [-0.15, -0.1) is 0 Å². The summed E-state index contributed by atoms with van der Waals surface area (Å²) in [5.41, 5.74) is 8.87. The molecule has 2 heterocycles. The van der Waals surface area contributed by atoms with Crippen LogP contribution in [0.4, 0.5) is 5.69 Å². The van der Waals surface area contributed by atoms with E-state index in [1.165, 1.54) is 29.6 Å². The number of carbonyl (C=O) groups is 1. The Morgan fingerprint density at radius 3 is 3.00 bits per heavy atom. The third kappa shape index (κ3) is 3.86. The fourth-order valence-corrected chi connectivity index (χ4v) is 3.72. The number of hydrogen-bond donors (Lipinski definition) is 1. The van der Waals surface area contributed by atoms with Crippen molar-refractivity contribution in [3.63, 3.8) is 0 Å². The van der Waals surface area contributed by atoms with Gasteiger partial charge in [0.05, 0.1) is 5.52 Å². The van der Waals surface area contributed by atoms with Crippen molar-refractivity contribution < 1.29 is 4.79 Å². The molecule has 0 bridgehead atoms. The Kier molecular flexibility index (Phi) is 5.34. The smallest absolute Gasteiger partial charge is 0.217 e. The summed E-state index contributed by atoms with van der Waals surface area (Å²) in [6.45, 7) is 4.27. The van der Waals surface area contributed by atoms with E-state index in [1.54, 1.807) is 0 Å². The van der Waals surface area contributed by atoms with Crippen LogP contribution < -0.4 is 10.6 Å². The standard InChI is InChI=1S/C20H27N3O/c1-2-6-16-13-19(17-8-3-4-9-18(17)22-16)23-12-5-7-15(14-23)10-11-20(21)24/h3-4,8-9,13,15H,2,5-7,10-12,14H2,1H3,(H2,21,24). The summed E-state index contributed by atoms with van der Waals surface area (Å²) in [4.78, 5) is 18.4. The maximum Gasteiger partial charge on any atom is 0.217 e. The van der Waals surface area contributed by atoms with Crippen molar-refractivity contribution in [1.29, 1.82) is 0 Å². The van der Waals surface area contributed by atoms with Crippen LogP contribution in [0.25, 0.3) is 10.9 Å². The minimum absolute atomic E-state index is 0.188. The Balaban J connectivity index is 1.88. The van der Waals surface area contributed by atoms with Crippen molar-refractivity contribution in [2.75, 3.05) is 18.0 Å². The SMILES string of the molecule is CCCc1cc(N2CCCC(CCC(N)=O)C2)c2ccccc2n1. The first-order chi connectivity index (χ1) is 11.7. The number of aromatic nitrogens is 1. The number of hydrogen-bond acceptors (Lipinski definition) is 3. The van der Waals surface area contributed by atoms with Gasteiger partial charge in [-0.2, -0.15) is 0 Å². The predicted molar refractivity (Wildman–Crippen MR) is 99.1 cm³/mol. The number of carbonyl (C=O) groups excluding carboxylic acids is 1. The summed E-state index contributed by atoms with van der Waals surface area (Å²) in [5.74, 6) is 0.361. The molecule has 2 aromatic rings. The van der Waals surface area contributed by atoms with E-state index in [4.69, 9.17) is 10.7 Å². The fourth-order valence-electron chi connectivity index (χ4n) is 3.72. The van der Waals surface area contributed by atoms with E-state index in [0.717, 1.165) is 37.9 Å². The number of pyridine rings is 1. The molecule has 1 fully saturated rings. The summed E-state index contributed by atoms with van der Waals surface area (Å²) in [5, 5.41) is 1.23. The van der Waals surface area contributed by atoms with E-state index >= 15 is 0 Å². The molecule has 1 amide bonds. The summed E-state index contributed by atoms with van der Waals surface area (Å²) in [7, 11) is 0. The quantitative estimate of drug-likeness (QED) is 0.881. The first-order valence-corrected chi connectivity index (χ1v) is 9.09. The fraction of sp³-hybridized carbons (Fsp3) is 0.500. The zero-order valence-electron chi connectivity index (χ0n) is 14.5. The van der Waals surface area contributed by atoms with Crippen LogP contribution in [-0.4, -0.2) is 24.0 Å². The van der Waals surface area contributed by atoms with Gasteiger partial charge in [-0.05, 0) is 43.7 Å². The van der Waals surface area contributed by atoms with Gasteiger partial charge >= 0.3 is 0 Å². The minimum Gasteiger partial charge on any atom is -0.371 e. The van der Waals surface area contributed by atoms with Crippen LogP contribution in [0.3, 0.4) is 0 Å². The molecule has 24 heavy (non-hydrogen) atoms. The number of fused-ring (bicyclic) bond motifs is 1. The van der Waals surface area contributed by atoms with E-state index in [9.17, 15) is 4.79 Å². The van der Waals surface area contributed by atoms with Gasteiger partial charge < -0.3 is 10.6 Å². The van der Waals surface area contributed by atoms with E-state index in [1.807, 2.05) is 0 Å². The first-order valence-electron chi connectivity index (χ1n) is 9.09. The lowest BCUT2D eigenvalue weighted by Crippen LogP contribution is -2.36. The molecule has 0 spiro atoms. The van der Waals surface area contributed by atoms with Gasteiger partial charge in [-0.1, -0.05) is 31.5 Å². The summed E-state index contributed by atoms with van der Waals surface area (Å²) >= 11 is 0. The van der Waals surface area contributed by atoms with Crippen molar-refractivity contribution in [1.82, 2.24) is 4.98 Å². The van der Waals surface area contributed by atoms with Gasteiger partial charge in [0.15, 0.2) is 0 Å². The largest absolute Gasteiger partial charge is 0.371 e. The molecule has 4 nitrogen and oxygen atoms in total. The molecule has 1 unspecified atom stereocenters. The highest BCUT2D eigenvalue weighted by atomic mass is 16.1. The number of nitrogens with two attached hydrogens (primary N) is 1. The first kappa shape index (κ1) is 16.7. The van der Waals surface area contributed by atoms with Crippen LogP contribution in [0.1, 0.15) is 44.7 Å². The topological polar surface area (TPSA) is 59.2 Å². The number of piperidine rings is 1. The molecule has 1 aliphatic heterocycles. The highest BCUT2D eigenvalue weighted by molar-refractivity contribution is 5.92. The maximum atomic E-state index is 11.1. The average Bonchev–Trinajstić information content (AvgIpc) is 2.60. The molecule has 1 aromatic carbocycles. The molecule has 0 saturated carbocycles. The molecule has 4 heteroatoms. The number of para-hydroxylation sites is 1. The second kappa shape index (κ2) is 7.65. The van der Waals surface area contributed by atoms with Crippen LogP contribution in [0.15, 0.2) is 30.3 Å². The highest BCUT2D eigenvalue weighted by Gasteiger charge is 2.22. The van der Waals surface area contributed by atoms with Gasteiger partial charge in [-0.3, -0.25) is 9.78 Å². The van der Waals surface area contributed by atoms with E-state index < -0.39 is 0 Å². The molecule has 0 radical (unpaired) electrons. The molecule has 3 rings (SSSR count). The normalized spacial score (nSPS) is 18.0. The van der Waals surface area contributed by atoms with Crippen molar-refractivity contribution in [3.8, 4) is 0 Å². The lowest BCUT2D eigenvalue weighted by atomic mass is 9.92. The number of aryl methyl sites for hydroxylation is 1. The second-order valence-electron chi connectivity index (χ2n) is 6.86. The molecule has 2 N–H and O–H groups in total. The van der Waals surface area contributed by atoms with Crippen molar-refractivity contribution in [3.05, 3.63) is 36.0 Å². The Labute approximate surface area is 144 Å². The number of rotatable bonds is 6. The van der Waals surface area contributed by atoms with E-state index in [0.29, 0.717) is 12.3 Å². The van der Waals surface area contributed by atoms with Gasteiger partial charge in [0.1, 0.15) is 0 Å². The number of amides is 1. The molecular weight excluding hydrogens is 298 g/mol. The third-order valence-corrected chi connectivity index (χ3v) is 4.91. The van der Waals surface area contributed by atoms with Crippen molar-refractivity contribution >= 4 is 22.5 Å². The van der Waals surface area contributed by atoms with Gasteiger partial charge in [0, 0.05) is 36.3 Å². The highest BCUT2D eigenvalue weighted by Crippen LogP contribution is 2.31. The third-order valence-electron chi connectivity index (χ3n) is 4.91. The molecule has 0 aliphatic carbocycles. The Morgan fingerprint density at radius 1 is 1.38 bits per heavy atom. The minimum atomic E-state index is -0.188. The van der Waals surface area contributed by atoms with Crippen LogP contribution in [0, 0.1) is 5.92 Å². The summed E-state index contributed by atoms with van der Waals surface area (Å²) in [6, 6.07) is 10.7. The van der Waals surface area contributed by atoms with Crippen LogP contribution in [-0.2, 0) is 11.2 Å². The molecule has 128 valence electrons. The van der Waals surface area contributed by atoms with Gasteiger partial charge in [0.2, 0.25) is 5.91 Å². The number of anilines is 1. The molecule has 1 atom stereocenters. The zero-order valence-corrected chi connectivity index (χ0v) is 14.5. The predicted octanol–water partition coefficient (Wildman–Crippen LogP) is 3.67. The van der Waals surface area contributed by atoms with E-state index in [2.05, 4.69) is 42.2 Å².